The Hall–Kier alpha value is -2.66. The zero-order chi connectivity index (χ0) is 19.6. The van der Waals surface area contributed by atoms with Crippen molar-refractivity contribution in [1.82, 2.24) is 9.55 Å². The van der Waals surface area contributed by atoms with Gasteiger partial charge in [-0.15, -0.1) is 0 Å². The highest BCUT2D eigenvalue weighted by atomic mass is 19.1. The number of benzene rings is 1. The van der Waals surface area contributed by atoms with Gasteiger partial charge >= 0.3 is 5.69 Å². The summed E-state index contributed by atoms with van der Waals surface area (Å²) in [6.45, 7) is -0.811. The van der Waals surface area contributed by atoms with E-state index in [1.807, 2.05) is 0 Å². The minimum absolute atomic E-state index is 0.0285. The minimum atomic E-state index is -2.04. The highest BCUT2D eigenvalue weighted by Crippen LogP contribution is 2.38. The molecule has 2 heterocycles. The first-order valence-corrected chi connectivity index (χ1v) is 8.03. The average molecular weight is 379 g/mol. The number of anilines is 1. The lowest BCUT2D eigenvalue weighted by molar-refractivity contribution is -0.269. The molecule has 9 nitrogen and oxygen atoms in total. The van der Waals surface area contributed by atoms with Gasteiger partial charge in [0.2, 0.25) is 5.79 Å². The van der Waals surface area contributed by atoms with Crippen LogP contribution in [0.15, 0.2) is 47.4 Å². The molecular formula is C17H18FN3O6. The monoisotopic (exact) mass is 379 g/mol. The number of aliphatic hydroxyl groups excluding tert-OH is 2. The van der Waals surface area contributed by atoms with Gasteiger partial charge in [0.15, 0.2) is 12.4 Å². The van der Waals surface area contributed by atoms with Crippen LogP contribution in [0.4, 0.5) is 10.2 Å². The predicted octanol–water partition coefficient (Wildman–Crippen LogP) is 0.0584. The molecule has 0 aliphatic carbocycles. The molecular weight excluding hydrogens is 361 g/mol. The van der Waals surface area contributed by atoms with Crippen LogP contribution in [0, 0.1) is 0 Å². The molecule has 1 saturated heterocycles. The van der Waals surface area contributed by atoms with Gasteiger partial charge in [0, 0.05) is 18.9 Å². The molecule has 10 heteroatoms. The Morgan fingerprint density at radius 3 is 2.67 bits per heavy atom. The van der Waals surface area contributed by atoms with E-state index in [0.29, 0.717) is 5.56 Å². The Balaban J connectivity index is 1.81. The van der Waals surface area contributed by atoms with E-state index in [9.17, 15) is 24.2 Å². The molecule has 0 spiro atoms. The molecule has 4 atom stereocenters. The lowest BCUT2D eigenvalue weighted by Crippen LogP contribution is -2.47. The Labute approximate surface area is 153 Å². The largest absolute Gasteiger partial charge is 0.391 e. The molecule has 0 saturated carbocycles. The molecule has 1 fully saturated rings. The van der Waals surface area contributed by atoms with E-state index in [1.165, 1.54) is 12.3 Å². The molecule has 1 aromatic heterocycles. The number of methoxy groups -OCH3 is 1. The van der Waals surface area contributed by atoms with E-state index < -0.39 is 42.5 Å². The van der Waals surface area contributed by atoms with E-state index in [1.54, 1.807) is 30.3 Å². The second-order valence-corrected chi connectivity index (χ2v) is 5.89. The number of hydrogen-bond donors (Lipinski definition) is 3. The van der Waals surface area contributed by atoms with E-state index in [4.69, 9.17) is 9.47 Å². The summed E-state index contributed by atoms with van der Waals surface area (Å²) in [6.07, 6.45) is -4.22. The molecule has 0 bridgehead atoms. The number of nitrogens with zero attached hydrogens (tertiary/aromatic N) is 2. The second kappa shape index (κ2) is 7.53. The molecule has 0 radical (unpaired) electrons. The van der Waals surface area contributed by atoms with Crippen LogP contribution in [-0.2, 0) is 9.47 Å². The van der Waals surface area contributed by atoms with Gasteiger partial charge in [0.1, 0.15) is 18.5 Å². The maximum atomic E-state index is 14.4. The topological polar surface area (TPSA) is 123 Å². The molecule has 1 aliphatic heterocycles. The van der Waals surface area contributed by atoms with Gasteiger partial charge in [-0.25, -0.2) is 9.18 Å². The van der Waals surface area contributed by atoms with E-state index in [-0.39, 0.29) is 5.82 Å². The summed E-state index contributed by atoms with van der Waals surface area (Å²) in [7, 11) is 1.14. The summed E-state index contributed by atoms with van der Waals surface area (Å²) in [5.41, 5.74) is -0.534. The highest BCUT2D eigenvalue weighted by Gasteiger charge is 2.56. The number of hydrogen-bond acceptors (Lipinski definition) is 7. The highest BCUT2D eigenvalue weighted by molar-refractivity contribution is 6.03. The standard InChI is InChI=1S/C17H18FN3O6/c1-26-17(9-22)13(23)12(18)15(27-17)21-8-7-11(20-16(21)25)19-14(24)10-5-3-2-4-6-10/h2-8,12-13,15,22-23H,9H2,1H3,(H,19,20,24,25)/t12-,13?,15+,17+/m0/s1. The van der Waals surface area contributed by atoms with Crippen molar-refractivity contribution in [2.24, 2.45) is 0 Å². The number of nitrogens with one attached hydrogen (secondary N) is 1. The van der Waals surface area contributed by atoms with E-state index in [2.05, 4.69) is 10.3 Å². The van der Waals surface area contributed by atoms with Crippen molar-refractivity contribution in [3.63, 3.8) is 0 Å². The van der Waals surface area contributed by atoms with Crippen LogP contribution in [0.25, 0.3) is 0 Å². The summed E-state index contributed by atoms with van der Waals surface area (Å²) < 4.78 is 25.4. The predicted molar refractivity (Wildman–Crippen MR) is 90.7 cm³/mol. The molecule has 1 amide bonds. The zero-order valence-corrected chi connectivity index (χ0v) is 14.3. The fourth-order valence-electron chi connectivity index (χ4n) is 2.77. The van der Waals surface area contributed by atoms with Crippen LogP contribution < -0.4 is 11.0 Å². The first-order valence-electron chi connectivity index (χ1n) is 8.03. The van der Waals surface area contributed by atoms with Gasteiger partial charge in [-0.2, -0.15) is 4.98 Å². The van der Waals surface area contributed by atoms with Gasteiger partial charge in [-0.3, -0.25) is 9.36 Å². The number of carbonyl (C=O) groups excluding carboxylic acids is 1. The zero-order valence-electron chi connectivity index (χ0n) is 14.3. The Kier molecular flexibility index (Phi) is 5.33. The van der Waals surface area contributed by atoms with Crippen LogP contribution in [0.5, 0.6) is 0 Å². The summed E-state index contributed by atoms with van der Waals surface area (Å²) in [5, 5.41) is 21.8. The first kappa shape index (κ1) is 19.1. The van der Waals surface area contributed by atoms with Crippen LogP contribution >= 0.6 is 0 Å². The SMILES string of the molecule is CO[C@]1(CO)O[C@@H](n2ccc(NC(=O)c3ccccc3)nc2=O)[C@@H](F)C1O. The van der Waals surface area contributed by atoms with E-state index >= 15 is 0 Å². The maximum Gasteiger partial charge on any atom is 0.351 e. The van der Waals surface area contributed by atoms with Crippen molar-refractivity contribution in [3.8, 4) is 0 Å². The minimum Gasteiger partial charge on any atom is -0.391 e. The van der Waals surface area contributed by atoms with Gasteiger partial charge < -0.3 is 25.0 Å². The van der Waals surface area contributed by atoms with Gasteiger partial charge in [0.25, 0.3) is 5.91 Å². The summed E-state index contributed by atoms with van der Waals surface area (Å²) in [6, 6.07) is 9.61. The lowest BCUT2D eigenvalue weighted by atomic mass is 10.1. The number of amides is 1. The van der Waals surface area contributed by atoms with Crippen molar-refractivity contribution in [1.29, 1.82) is 0 Å². The number of aromatic nitrogens is 2. The van der Waals surface area contributed by atoms with Crippen LogP contribution in [0.2, 0.25) is 0 Å². The van der Waals surface area contributed by atoms with Crippen molar-refractivity contribution in [2.75, 3.05) is 19.0 Å². The lowest BCUT2D eigenvalue weighted by Gasteiger charge is -2.27. The van der Waals surface area contributed by atoms with Gasteiger partial charge in [-0.05, 0) is 18.2 Å². The van der Waals surface area contributed by atoms with Crippen LogP contribution in [0.1, 0.15) is 16.6 Å². The molecule has 27 heavy (non-hydrogen) atoms. The quantitative estimate of drug-likeness (QED) is 0.671. The molecule has 2 aromatic rings. The van der Waals surface area contributed by atoms with E-state index in [0.717, 1.165) is 11.7 Å². The Bertz CT molecular complexity index is 870. The third-order valence-electron chi connectivity index (χ3n) is 4.29. The molecule has 1 aromatic carbocycles. The third-order valence-corrected chi connectivity index (χ3v) is 4.29. The number of aliphatic hydroxyl groups is 2. The summed E-state index contributed by atoms with van der Waals surface area (Å²) in [5.74, 6) is -2.47. The Morgan fingerprint density at radius 1 is 1.41 bits per heavy atom. The number of alkyl halides is 1. The summed E-state index contributed by atoms with van der Waals surface area (Å²) >= 11 is 0. The van der Waals surface area contributed by atoms with Crippen molar-refractivity contribution < 1.29 is 28.9 Å². The number of ether oxygens (including phenoxy) is 2. The fraction of sp³-hybridized carbons (Fsp3) is 0.353. The molecule has 144 valence electrons. The maximum absolute atomic E-state index is 14.4. The fourth-order valence-corrected chi connectivity index (χ4v) is 2.77. The van der Waals surface area contributed by atoms with Crippen LogP contribution in [-0.4, -0.2) is 57.5 Å². The number of rotatable bonds is 5. The molecule has 3 N–H and O–H groups in total. The molecule has 1 aliphatic rings. The van der Waals surface area contributed by atoms with Gasteiger partial charge in [0.05, 0.1) is 0 Å². The average Bonchev–Trinajstić information content (AvgIpc) is 2.94. The number of halogens is 1. The Morgan fingerprint density at radius 2 is 2.11 bits per heavy atom. The summed E-state index contributed by atoms with van der Waals surface area (Å²) in [4.78, 5) is 28.0. The van der Waals surface area contributed by atoms with Crippen LogP contribution in [0.3, 0.4) is 0 Å². The third kappa shape index (κ3) is 3.47. The number of carbonyl (C=O) groups is 1. The first-order chi connectivity index (χ1) is 12.9. The van der Waals surface area contributed by atoms with Crippen molar-refractivity contribution in [2.45, 2.75) is 24.3 Å². The van der Waals surface area contributed by atoms with Gasteiger partial charge in [-0.1, -0.05) is 18.2 Å². The van der Waals surface area contributed by atoms with Crippen molar-refractivity contribution >= 4 is 11.7 Å². The molecule has 3 rings (SSSR count). The second-order valence-electron chi connectivity index (χ2n) is 5.89. The van der Waals surface area contributed by atoms with Crippen molar-refractivity contribution in [3.05, 3.63) is 58.6 Å². The smallest absolute Gasteiger partial charge is 0.351 e. The normalized spacial score (nSPS) is 27.5. The molecule has 1 unspecified atom stereocenters.